The topological polar surface area (TPSA) is 135 Å². The van der Waals surface area contributed by atoms with Crippen molar-refractivity contribution in [2.45, 2.75) is 20.8 Å². The van der Waals surface area contributed by atoms with Gasteiger partial charge in [-0.25, -0.2) is 24.5 Å². The van der Waals surface area contributed by atoms with Crippen molar-refractivity contribution >= 4 is 23.5 Å². The third-order valence-corrected chi connectivity index (χ3v) is 2.54. The Morgan fingerprint density at radius 1 is 1.00 bits per heavy atom. The van der Waals surface area contributed by atoms with E-state index in [9.17, 15) is 9.59 Å². The fraction of sp³-hybridized carbons (Fsp3) is 0.286. The number of ether oxygens (including phenoxy) is 1. The molecule has 10 heteroatoms. The highest BCUT2D eigenvalue weighted by molar-refractivity contribution is 6.28. The van der Waals surface area contributed by atoms with Crippen molar-refractivity contribution in [3.05, 3.63) is 40.2 Å². The Hall–Kier alpha value is -2.81. The summed E-state index contributed by atoms with van der Waals surface area (Å²) in [5.41, 5.74) is 0.997. The summed E-state index contributed by atoms with van der Waals surface area (Å²) in [5.74, 6) is -2.18. The van der Waals surface area contributed by atoms with Gasteiger partial charge in [0.15, 0.2) is 11.4 Å². The fourth-order valence-corrected chi connectivity index (χ4v) is 1.71. The summed E-state index contributed by atoms with van der Waals surface area (Å²) in [7, 11) is 0. The molecule has 0 spiro atoms. The van der Waals surface area contributed by atoms with Gasteiger partial charge in [-0.05, 0) is 44.5 Å². The van der Waals surface area contributed by atoms with Gasteiger partial charge in [-0.1, -0.05) is 0 Å². The highest BCUT2D eigenvalue weighted by atomic mass is 35.5. The number of hydrogen-bond donors (Lipinski definition) is 2. The summed E-state index contributed by atoms with van der Waals surface area (Å²) in [6.07, 6.45) is 0. The van der Waals surface area contributed by atoms with Crippen LogP contribution < -0.4 is 4.74 Å². The molecule has 0 unspecified atom stereocenters. The first-order chi connectivity index (χ1) is 11.2. The third kappa shape index (κ3) is 6.13. The van der Waals surface area contributed by atoms with Crippen LogP contribution in [0.15, 0.2) is 12.1 Å². The van der Waals surface area contributed by atoms with E-state index in [-0.39, 0.29) is 22.7 Å². The maximum absolute atomic E-state index is 10.6. The third-order valence-electron chi connectivity index (χ3n) is 2.37. The summed E-state index contributed by atoms with van der Waals surface area (Å²) in [4.78, 5) is 35.7. The highest BCUT2D eigenvalue weighted by Gasteiger charge is 2.08. The molecule has 2 rings (SSSR count). The molecule has 0 aliphatic rings. The highest BCUT2D eigenvalue weighted by Crippen LogP contribution is 2.06. The van der Waals surface area contributed by atoms with E-state index in [4.69, 9.17) is 26.6 Å². The minimum absolute atomic E-state index is 0.0394. The molecule has 128 valence electrons. The molecule has 0 saturated heterocycles. The van der Waals surface area contributed by atoms with E-state index in [1.165, 1.54) is 12.1 Å². The van der Waals surface area contributed by atoms with Crippen LogP contribution in [0.2, 0.25) is 5.28 Å². The predicted octanol–water partition coefficient (Wildman–Crippen LogP) is 2.02. The van der Waals surface area contributed by atoms with Crippen LogP contribution in [-0.4, -0.2) is 48.7 Å². The summed E-state index contributed by atoms with van der Waals surface area (Å²) in [6.45, 7) is 5.55. The fourth-order valence-electron chi connectivity index (χ4n) is 1.49. The molecule has 0 amide bonds. The lowest BCUT2D eigenvalue weighted by Crippen LogP contribution is -2.06. The normalized spacial score (nSPS) is 9.67. The number of halogens is 1. The summed E-state index contributed by atoms with van der Waals surface area (Å²) in [5, 5.41) is 17.1. The largest absolute Gasteiger partial charge is 0.477 e. The number of carboxylic acid groups (broad SMARTS) is 2. The van der Waals surface area contributed by atoms with Crippen molar-refractivity contribution in [2.75, 3.05) is 6.61 Å². The van der Waals surface area contributed by atoms with E-state index in [0.717, 1.165) is 0 Å². The van der Waals surface area contributed by atoms with Crippen molar-refractivity contribution in [2.24, 2.45) is 0 Å². The van der Waals surface area contributed by atoms with Crippen LogP contribution in [0.5, 0.6) is 6.01 Å². The molecular weight excluding hydrogens is 340 g/mol. The van der Waals surface area contributed by atoms with Gasteiger partial charge in [-0.15, -0.1) is 0 Å². The molecule has 0 radical (unpaired) electrons. The number of rotatable bonds is 4. The lowest BCUT2D eigenvalue weighted by atomic mass is 10.3. The Morgan fingerprint density at radius 2 is 1.50 bits per heavy atom. The predicted molar refractivity (Wildman–Crippen MR) is 83.6 cm³/mol. The Bertz CT molecular complexity index is 734. The van der Waals surface area contributed by atoms with Gasteiger partial charge in [0.2, 0.25) is 5.28 Å². The lowest BCUT2D eigenvalue weighted by Gasteiger charge is -2.02. The van der Waals surface area contributed by atoms with E-state index < -0.39 is 11.9 Å². The van der Waals surface area contributed by atoms with Crippen LogP contribution >= 0.6 is 11.6 Å². The zero-order valence-electron chi connectivity index (χ0n) is 13.1. The molecule has 0 atom stereocenters. The standard InChI is InChI=1S/C8H10N2O3.C6H5ClN2O2/c1-3-13-8-9-5(2)4-6(10-8)7(11)12;1-3-2-4(5(10)11)9-6(7)8-3/h4H,3H2,1-2H3,(H,11,12);2H,1H3,(H,10,11). The molecule has 2 N–H and O–H groups in total. The van der Waals surface area contributed by atoms with E-state index in [2.05, 4.69) is 19.9 Å². The number of nitrogens with zero attached hydrogens (tertiary/aromatic N) is 4. The lowest BCUT2D eigenvalue weighted by molar-refractivity contribution is 0.0679. The summed E-state index contributed by atoms with van der Waals surface area (Å²) >= 11 is 5.41. The molecule has 2 heterocycles. The van der Waals surface area contributed by atoms with Crippen molar-refractivity contribution in [3.63, 3.8) is 0 Å². The van der Waals surface area contributed by atoms with E-state index >= 15 is 0 Å². The number of aromatic carboxylic acids is 2. The number of aromatic nitrogens is 4. The number of aryl methyl sites for hydroxylation is 2. The Morgan fingerprint density at radius 3 is 1.96 bits per heavy atom. The van der Waals surface area contributed by atoms with Gasteiger partial charge in [-0.3, -0.25) is 0 Å². The van der Waals surface area contributed by atoms with Gasteiger partial charge in [0.1, 0.15) is 0 Å². The smallest absolute Gasteiger partial charge is 0.354 e. The molecular formula is C14H15ClN4O5. The summed E-state index contributed by atoms with van der Waals surface area (Å²) in [6, 6.07) is 2.86. The van der Waals surface area contributed by atoms with Gasteiger partial charge in [0, 0.05) is 11.4 Å². The molecule has 2 aromatic heterocycles. The second-order valence-corrected chi connectivity index (χ2v) is 4.72. The van der Waals surface area contributed by atoms with E-state index in [1.807, 2.05) is 0 Å². The first kappa shape index (κ1) is 19.2. The minimum atomic E-state index is -1.10. The molecule has 0 aromatic carbocycles. The molecule has 2 aromatic rings. The van der Waals surface area contributed by atoms with Gasteiger partial charge in [-0.2, -0.15) is 4.98 Å². The molecule has 24 heavy (non-hydrogen) atoms. The molecule has 0 fully saturated rings. The molecule has 0 saturated carbocycles. The van der Waals surface area contributed by atoms with Crippen LogP contribution in [0.25, 0.3) is 0 Å². The number of carboxylic acids is 2. The van der Waals surface area contributed by atoms with Crippen LogP contribution in [0.4, 0.5) is 0 Å². The van der Waals surface area contributed by atoms with E-state index in [1.54, 1.807) is 20.8 Å². The van der Waals surface area contributed by atoms with Crippen molar-refractivity contribution in [1.29, 1.82) is 0 Å². The molecule has 9 nitrogen and oxygen atoms in total. The molecule has 0 aliphatic carbocycles. The van der Waals surface area contributed by atoms with Crippen LogP contribution in [0, 0.1) is 13.8 Å². The van der Waals surface area contributed by atoms with Crippen molar-refractivity contribution < 1.29 is 24.5 Å². The zero-order chi connectivity index (χ0) is 18.3. The first-order valence-electron chi connectivity index (χ1n) is 6.69. The van der Waals surface area contributed by atoms with Crippen LogP contribution in [0.1, 0.15) is 39.3 Å². The van der Waals surface area contributed by atoms with Gasteiger partial charge in [0.05, 0.1) is 6.61 Å². The Kier molecular flexibility index (Phi) is 6.99. The SMILES string of the molecule is CCOc1nc(C)cc(C(=O)O)n1.Cc1cc(C(=O)O)nc(Cl)n1. The number of carbonyl (C=O) groups is 2. The zero-order valence-corrected chi connectivity index (χ0v) is 13.9. The van der Waals surface area contributed by atoms with Gasteiger partial charge in [0.25, 0.3) is 0 Å². The Labute approximate surface area is 142 Å². The molecule has 0 bridgehead atoms. The first-order valence-corrected chi connectivity index (χ1v) is 7.07. The monoisotopic (exact) mass is 354 g/mol. The van der Waals surface area contributed by atoms with Crippen molar-refractivity contribution in [3.8, 4) is 6.01 Å². The maximum atomic E-state index is 10.6. The minimum Gasteiger partial charge on any atom is -0.477 e. The van der Waals surface area contributed by atoms with Gasteiger partial charge >= 0.3 is 17.9 Å². The van der Waals surface area contributed by atoms with E-state index in [0.29, 0.717) is 18.0 Å². The second-order valence-electron chi connectivity index (χ2n) is 4.38. The van der Waals surface area contributed by atoms with Crippen LogP contribution in [0.3, 0.4) is 0 Å². The summed E-state index contributed by atoms with van der Waals surface area (Å²) < 4.78 is 4.99. The Balaban J connectivity index is 0.000000243. The number of hydrogen-bond acceptors (Lipinski definition) is 7. The average Bonchev–Trinajstić information content (AvgIpc) is 2.46. The van der Waals surface area contributed by atoms with Crippen LogP contribution in [-0.2, 0) is 0 Å². The average molecular weight is 355 g/mol. The van der Waals surface area contributed by atoms with Gasteiger partial charge < -0.3 is 14.9 Å². The van der Waals surface area contributed by atoms with Crippen molar-refractivity contribution in [1.82, 2.24) is 19.9 Å². The molecule has 0 aliphatic heterocycles. The maximum Gasteiger partial charge on any atom is 0.354 e. The quantitative estimate of drug-likeness (QED) is 0.790. The second kappa shape index (κ2) is 8.73.